The average Bonchev–Trinajstić information content (AvgIpc) is 2.92. The first kappa shape index (κ1) is 22.6. The molecular weight excluding hydrogens is 412 g/mol. The van der Waals surface area contributed by atoms with Gasteiger partial charge in [0.1, 0.15) is 0 Å². The Bertz CT molecular complexity index is 1130. The largest absolute Gasteiger partial charge is 0.309 e. The Balaban J connectivity index is 1.05. The maximum atomic E-state index is 3.59. The third-order valence-corrected chi connectivity index (χ3v) is 7.01. The molecule has 4 aromatic rings. The molecule has 1 aliphatic rings. The van der Waals surface area contributed by atoms with E-state index in [0.717, 1.165) is 25.6 Å². The van der Waals surface area contributed by atoms with Gasteiger partial charge in [0, 0.05) is 19.6 Å². The first-order valence-corrected chi connectivity index (χ1v) is 12.5. The van der Waals surface area contributed by atoms with Crippen molar-refractivity contribution in [3.63, 3.8) is 0 Å². The van der Waals surface area contributed by atoms with Gasteiger partial charge in [-0.3, -0.25) is 4.90 Å². The van der Waals surface area contributed by atoms with Crippen LogP contribution in [0.2, 0.25) is 0 Å². The van der Waals surface area contributed by atoms with Crippen molar-refractivity contribution in [2.24, 2.45) is 0 Å². The molecule has 0 spiro atoms. The van der Waals surface area contributed by atoms with Crippen molar-refractivity contribution < 1.29 is 0 Å². The Hall–Kier alpha value is -3.20. The number of likely N-dealkylation sites (tertiary alicyclic amines) is 1. The Morgan fingerprint density at radius 1 is 0.559 bits per heavy atom. The van der Waals surface area contributed by atoms with Crippen LogP contribution in [0, 0.1) is 0 Å². The second kappa shape index (κ2) is 11.3. The van der Waals surface area contributed by atoms with Gasteiger partial charge in [0.05, 0.1) is 0 Å². The van der Waals surface area contributed by atoms with Crippen molar-refractivity contribution >= 4 is 0 Å². The van der Waals surface area contributed by atoms with E-state index in [1.807, 2.05) is 0 Å². The van der Waals surface area contributed by atoms with Crippen LogP contribution in [0.5, 0.6) is 0 Å². The number of hydrogen-bond donors (Lipinski definition) is 1. The van der Waals surface area contributed by atoms with E-state index in [4.69, 9.17) is 0 Å². The lowest BCUT2D eigenvalue weighted by Crippen LogP contribution is -2.32. The summed E-state index contributed by atoms with van der Waals surface area (Å²) >= 11 is 0. The van der Waals surface area contributed by atoms with E-state index in [-0.39, 0.29) is 0 Å². The molecule has 172 valence electrons. The summed E-state index contributed by atoms with van der Waals surface area (Å²) in [5.41, 5.74) is 8.11. The van der Waals surface area contributed by atoms with E-state index >= 15 is 0 Å². The smallest absolute Gasteiger partial charge is 0.0233 e. The third-order valence-electron chi connectivity index (χ3n) is 7.01. The summed E-state index contributed by atoms with van der Waals surface area (Å²) in [5.74, 6) is 0.723. The molecule has 5 rings (SSSR count). The zero-order chi connectivity index (χ0) is 23.0. The molecule has 1 saturated heterocycles. The number of benzene rings is 4. The molecule has 1 N–H and O–H groups in total. The van der Waals surface area contributed by atoms with Crippen molar-refractivity contribution in [2.75, 3.05) is 13.1 Å². The lowest BCUT2D eigenvalue weighted by molar-refractivity contribution is 0.204. The summed E-state index contributed by atoms with van der Waals surface area (Å²) < 4.78 is 0. The molecule has 1 heterocycles. The molecule has 2 nitrogen and oxygen atoms in total. The Kier molecular flexibility index (Phi) is 7.50. The Morgan fingerprint density at radius 2 is 1.06 bits per heavy atom. The van der Waals surface area contributed by atoms with Gasteiger partial charge in [-0.1, -0.05) is 109 Å². The third kappa shape index (κ3) is 6.02. The molecule has 0 saturated carbocycles. The summed E-state index contributed by atoms with van der Waals surface area (Å²) in [6.07, 6.45) is 2.52. The predicted octanol–water partition coefficient (Wildman–Crippen LogP) is 7.02. The maximum Gasteiger partial charge on any atom is 0.0233 e. The van der Waals surface area contributed by atoms with Crippen LogP contribution in [0.15, 0.2) is 109 Å². The molecule has 0 radical (unpaired) electrons. The Labute approximate surface area is 204 Å². The van der Waals surface area contributed by atoms with Gasteiger partial charge in [-0.05, 0) is 65.2 Å². The summed E-state index contributed by atoms with van der Waals surface area (Å²) in [5, 5.41) is 3.59. The average molecular weight is 447 g/mol. The van der Waals surface area contributed by atoms with Gasteiger partial charge < -0.3 is 5.32 Å². The number of hydrogen-bond acceptors (Lipinski definition) is 2. The van der Waals surface area contributed by atoms with Crippen molar-refractivity contribution in [3.05, 3.63) is 131 Å². The summed E-state index contributed by atoms with van der Waals surface area (Å²) in [4.78, 5) is 2.60. The van der Waals surface area contributed by atoms with Gasteiger partial charge in [-0.15, -0.1) is 0 Å². The SMILES string of the molecule is c1ccc(-c2ccc(CNCc3ccc(CN4CCC(c5ccccc5)CC4)cc3)cc2)cc1. The summed E-state index contributed by atoms with van der Waals surface area (Å²) in [6, 6.07) is 39.6. The van der Waals surface area contributed by atoms with Gasteiger partial charge in [-0.25, -0.2) is 0 Å². The van der Waals surface area contributed by atoms with Crippen molar-refractivity contribution in [3.8, 4) is 11.1 Å². The van der Waals surface area contributed by atoms with Crippen LogP contribution in [-0.2, 0) is 19.6 Å². The molecule has 1 fully saturated rings. The number of nitrogens with one attached hydrogen (secondary N) is 1. The first-order chi connectivity index (χ1) is 16.8. The molecule has 0 bridgehead atoms. The zero-order valence-corrected chi connectivity index (χ0v) is 19.9. The monoisotopic (exact) mass is 446 g/mol. The highest BCUT2D eigenvalue weighted by Crippen LogP contribution is 2.28. The molecule has 0 aliphatic carbocycles. The zero-order valence-electron chi connectivity index (χ0n) is 19.9. The van der Waals surface area contributed by atoms with Crippen molar-refractivity contribution in [1.29, 1.82) is 0 Å². The van der Waals surface area contributed by atoms with Crippen LogP contribution in [0.3, 0.4) is 0 Å². The van der Waals surface area contributed by atoms with Crippen LogP contribution in [0.25, 0.3) is 11.1 Å². The van der Waals surface area contributed by atoms with E-state index in [2.05, 4.69) is 119 Å². The van der Waals surface area contributed by atoms with Crippen LogP contribution >= 0.6 is 0 Å². The summed E-state index contributed by atoms with van der Waals surface area (Å²) in [7, 11) is 0. The van der Waals surface area contributed by atoms with E-state index in [1.54, 1.807) is 0 Å². The minimum atomic E-state index is 0.723. The van der Waals surface area contributed by atoms with E-state index in [0.29, 0.717) is 0 Å². The van der Waals surface area contributed by atoms with E-state index in [1.165, 1.54) is 59.3 Å². The molecule has 34 heavy (non-hydrogen) atoms. The molecule has 1 aliphatic heterocycles. The van der Waals surface area contributed by atoms with Gasteiger partial charge in [0.25, 0.3) is 0 Å². The van der Waals surface area contributed by atoms with Crippen LogP contribution < -0.4 is 5.32 Å². The summed E-state index contributed by atoms with van der Waals surface area (Å²) in [6.45, 7) is 5.21. The standard InChI is InChI=1S/C32H34N2/c1-3-7-29(8-4-1)31-17-15-27(16-18-31)24-33-23-26-11-13-28(14-12-26)25-34-21-19-32(20-22-34)30-9-5-2-6-10-30/h1-18,32-33H,19-25H2. The molecule has 0 unspecified atom stereocenters. The van der Waals surface area contributed by atoms with Crippen LogP contribution in [0.1, 0.15) is 41.0 Å². The first-order valence-electron chi connectivity index (χ1n) is 12.5. The second-order valence-corrected chi connectivity index (χ2v) is 9.44. The quantitative estimate of drug-likeness (QED) is 0.313. The minimum Gasteiger partial charge on any atom is -0.309 e. The number of nitrogens with zero attached hydrogens (tertiary/aromatic N) is 1. The van der Waals surface area contributed by atoms with Gasteiger partial charge >= 0.3 is 0 Å². The van der Waals surface area contributed by atoms with Crippen LogP contribution in [0.4, 0.5) is 0 Å². The molecule has 0 amide bonds. The van der Waals surface area contributed by atoms with Gasteiger partial charge in [-0.2, -0.15) is 0 Å². The normalized spacial score (nSPS) is 14.8. The number of rotatable bonds is 8. The number of piperidine rings is 1. The van der Waals surface area contributed by atoms with E-state index in [9.17, 15) is 0 Å². The highest BCUT2D eigenvalue weighted by Gasteiger charge is 2.20. The molecular formula is C32H34N2. The lowest BCUT2D eigenvalue weighted by atomic mass is 9.89. The van der Waals surface area contributed by atoms with Crippen LogP contribution in [-0.4, -0.2) is 18.0 Å². The fourth-order valence-corrected chi connectivity index (χ4v) is 4.97. The van der Waals surface area contributed by atoms with Crippen molar-refractivity contribution in [1.82, 2.24) is 10.2 Å². The topological polar surface area (TPSA) is 15.3 Å². The maximum absolute atomic E-state index is 3.59. The highest BCUT2D eigenvalue weighted by molar-refractivity contribution is 5.63. The van der Waals surface area contributed by atoms with Crippen molar-refractivity contribution in [2.45, 2.75) is 38.4 Å². The molecule has 0 aromatic heterocycles. The fourth-order valence-electron chi connectivity index (χ4n) is 4.97. The van der Waals surface area contributed by atoms with Gasteiger partial charge in [0.15, 0.2) is 0 Å². The molecule has 0 atom stereocenters. The Morgan fingerprint density at radius 3 is 1.68 bits per heavy atom. The highest BCUT2D eigenvalue weighted by atomic mass is 15.1. The lowest BCUT2D eigenvalue weighted by Gasteiger charge is -2.32. The minimum absolute atomic E-state index is 0.723. The van der Waals surface area contributed by atoms with Gasteiger partial charge in [0.2, 0.25) is 0 Å². The molecule has 2 heteroatoms. The predicted molar refractivity (Wildman–Crippen MR) is 143 cm³/mol. The second-order valence-electron chi connectivity index (χ2n) is 9.44. The fraction of sp³-hybridized carbons (Fsp3) is 0.250. The molecule has 4 aromatic carbocycles. The van der Waals surface area contributed by atoms with E-state index < -0.39 is 0 Å².